The SMILES string of the molecule is CS(=O)(=O)C1CCN(c2cccc3[nH]cc(-c4ccnc(NC5CCCCC5O)n4)c23)CC1. The predicted octanol–water partition coefficient (Wildman–Crippen LogP) is 3.35. The first-order chi connectivity index (χ1) is 15.9. The Labute approximate surface area is 194 Å². The van der Waals surface area contributed by atoms with Crippen molar-refractivity contribution in [2.75, 3.05) is 29.6 Å². The lowest BCUT2D eigenvalue weighted by molar-refractivity contribution is 0.116. The number of aromatic amines is 1. The molecule has 3 heterocycles. The van der Waals surface area contributed by atoms with Gasteiger partial charge in [0.25, 0.3) is 0 Å². The fraction of sp³-hybridized carbons (Fsp3) is 0.500. The van der Waals surface area contributed by atoms with Gasteiger partial charge in [-0.3, -0.25) is 0 Å². The highest BCUT2D eigenvalue weighted by atomic mass is 32.2. The first-order valence-corrected chi connectivity index (χ1v) is 13.7. The van der Waals surface area contributed by atoms with Gasteiger partial charge in [-0.05, 0) is 43.9 Å². The van der Waals surface area contributed by atoms with Crippen molar-refractivity contribution >= 4 is 32.4 Å². The highest BCUT2D eigenvalue weighted by Gasteiger charge is 2.28. The number of hydrogen-bond acceptors (Lipinski definition) is 7. The summed E-state index contributed by atoms with van der Waals surface area (Å²) in [4.78, 5) is 14.8. The smallest absolute Gasteiger partial charge is 0.223 e. The molecule has 176 valence electrons. The fourth-order valence-corrected chi connectivity index (χ4v) is 6.25. The Bertz CT molecular complexity index is 1230. The first kappa shape index (κ1) is 22.2. The highest BCUT2D eigenvalue weighted by molar-refractivity contribution is 7.91. The Morgan fingerprint density at radius 2 is 1.91 bits per heavy atom. The Morgan fingerprint density at radius 3 is 2.67 bits per heavy atom. The molecule has 1 aliphatic carbocycles. The van der Waals surface area contributed by atoms with E-state index in [0.29, 0.717) is 31.9 Å². The van der Waals surface area contributed by atoms with E-state index < -0.39 is 9.84 Å². The van der Waals surface area contributed by atoms with E-state index in [1.165, 1.54) is 6.26 Å². The number of sulfone groups is 1. The monoisotopic (exact) mass is 469 g/mol. The standard InChI is InChI=1S/C24H31N5O3S/c1-33(31,32)16-10-13-29(14-11-16)21-7-4-6-20-23(21)17(15-26-20)18-9-12-25-24(27-18)28-19-5-2-3-8-22(19)30/h4,6-7,9,12,15-16,19,22,26,30H,2-3,5,8,10-11,13-14H2,1H3,(H,25,27,28). The number of piperidine rings is 1. The second-order valence-electron chi connectivity index (χ2n) is 9.29. The number of benzene rings is 1. The molecule has 5 rings (SSSR count). The van der Waals surface area contributed by atoms with Crippen LogP contribution in [0.15, 0.2) is 36.7 Å². The minimum absolute atomic E-state index is 0.0244. The van der Waals surface area contributed by atoms with Crippen molar-refractivity contribution in [2.24, 2.45) is 0 Å². The number of hydrogen-bond donors (Lipinski definition) is 3. The van der Waals surface area contributed by atoms with Gasteiger partial charge in [-0.25, -0.2) is 18.4 Å². The van der Waals surface area contributed by atoms with Gasteiger partial charge in [-0.15, -0.1) is 0 Å². The molecule has 33 heavy (non-hydrogen) atoms. The molecule has 1 saturated heterocycles. The minimum atomic E-state index is -3.01. The maximum atomic E-state index is 12.0. The van der Waals surface area contributed by atoms with Crippen LogP contribution in [0.2, 0.25) is 0 Å². The van der Waals surface area contributed by atoms with Crippen LogP contribution in [-0.2, 0) is 9.84 Å². The summed E-state index contributed by atoms with van der Waals surface area (Å²) in [6, 6.07) is 8.04. The summed E-state index contributed by atoms with van der Waals surface area (Å²) in [6.07, 6.45) is 9.83. The first-order valence-electron chi connectivity index (χ1n) is 11.7. The molecule has 0 bridgehead atoms. The molecule has 1 aromatic carbocycles. The number of aliphatic hydroxyl groups excluding tert-OH is 1. The molecule has 3 aromatic rings. The van der Waals surface area contributed by atoms with Gasteiger partial charge in [0.05, 0.1) is 23.1 Å². The summed E-state index contributed by atoms with van der Waals surface area (Å²) in [5.74, 6) is 0.527. The van der Waals surface area contributed by atoms with E-state index in [-0.39, 0.29) is 17.4 Å². The van der Waals surface area contributed by atoms with Crippen LogP contribution < -0.4 is 10.2 Å². The Morgan fingerprint density at radius 1 is 1.12 bits per heavy atom. The van der Waals surface area contributed by atoms with Crippen molar-refractivity contribution < 1.29 is 13.5 Å². The molecular weight excluding hydrogens is 438 g/mol. The molecule has 0 amide bonds. The summed E-state index contributed by atoms with van der Waals surface area (Å²) < 4.78 is 24.0. The molecule has 2 aliphatic rings. The highest BCUT2D eigenvalue weighted by Crippen LogP contribution is 2.37. The van der Waals surface area contributed by atoms with Crippen LogP contribution in [0.4, 0.5) is 11.6 Å². The van der Waals surface area contributed by atoms with Crippen LogP contribution in [0.3, 0.4) is 0 Å². The molecular formula is C24H31N5O3S. The number of rotatable bonds is 5. The zero-order valence-corrected chi connectivity index (χ0v) is 19.7. The number of anilines is 2. The van der Waals surface area contributed by atoms with Crippen LogP contribution in [0, 0.1) is 0 Å². The van der Waals surface area contributed by atoms with Gasteiger partial charge < -0.3 is 20.3 Å². The molecule has 2 aromatic heterocycles. The van der Waals surface area contributed by atoms with E-state index in [2.05, 4.69) is 26.3 Å². The van der Waals surface area contributed by atoms with E-state index in [0.717, 1.165) is 53.5 Å². The van der Waals surface area contributed by atoms with Crippen LogP contribution >= 0.6 is 0 Å². The van der Waals surface area contributed by atoms with E-state index in [9.17, 15) is 13.5 Å². The summed E-state index contributed by atoms with van der Waals surface area (Å²) >= 11 is 0. The fourth-order valence-electron chi connectivity index (χ4n) is 5.18. The Hall–Kier alpha value is -2.65. The average Bonchev–Trinajstić information content (AvgIpc) is 3.25. The van der Waals surface area contributed by atoms with E-state index in [4.69, 9.17) is 4.98 Å². The third kappa shape index (κ3) is 4.56. The molecule has 2 unspecified atom stereocenters. The summed E-state index contributed by atoms with van der Waals surface area (Å²) in [7, 11) is -3.01. The number of nitrogens with one attached hydrogen (secondary N) is 2. The lowest BCUT2D eigenvalue weighted by Gasteiger charge is -2.33. The molecule has 1 saturated carbocycles. The van der Waals surface area contributed by atoms with Gasteiger partial charge in [0.1, 0.15) is 9.84 Å². The van der Waals surface area contributed by atoms with E-state index in [1.54, 1.807) is 6.20 Å². The molecule has 3 N–H and O–H groups in total. The van der Waals surface area contributed by atoms with Gasteiger partial charge in [-0.1, -0.05) is 18.9 Å². The van der Waals surface area contributed by atoms with Crippen molar-refractivity contribution in [1.82, 2.24) is 15.0 Å². The second-order valence-corrected chi connectivity index (χ2v) is 11.6. The molecule has 0 spiro atoms. The van der Waals surface area contributed by atoms with Gasteiger partial charge in [0.15, 0.2) is 0 Å². The van der Waals surface area contributed by atoms with Crippen molar-refractivity contribution in [1.29, 1.82) is 0 Å². The third-order valence-corrected chi connectivity index (χ3v) is 8.73. The van der Waals surface area contributed by atoms with Gasteiger partial charge in [-0.2, -0.15) is 0 Å². The number of H-pyrrole nitrogens is 1. The molecule has 1 aliphatic heterocycles. The number of nitrogens with zero attached hydrogens (tertiary/aromatic N) is 3. The zero-order valence-electron chi connectivity index (χ0n) is 18.9. The van der Waals surface area contributed by atoms with Crippen LogP contribution in [0.25, 0.3) is 22.2 Å². The van der Waals surface area contributed by atoms with Crippen LogP contribution in [0.5, 0.6) is 0 Å². The molecule has 8 nitrogen and oxygen atoms in total. The Balaban J connectivity index is 1.44. The van der Waals surface area contributed by atoms with Gasteiger partial charge in [0, 0.05) is 53.9 Å². The number of fused-ring (bicyclic) bond motifs is 1. The molecule has 2 atom stereocenters. The average molecular weight is 470 g/mol. The van der Waals surface area contributed by atoms with Crippen LogP contribution in [-0.4, -0.2) is 65.2 Å². The second kappa shape index (κ2) is 8.95. The van der Waals surface area contributed by atoms with E-state index in [1.807, 2.05) is 24.4 Å². The van der Waals surface area contributed by atoms with Gasteiger partial charge in [0.2, 0.25) is 5.95 Å². The largest absolute Gasteiger partial charge is 0.391 e. The third-order valence-electron chi connectivity index (χ3n) is 7.05. The summed E-state index contributed by atoms with van der Waals surface area (Å²) in [5.41, 5.74) is 3.90. The summed E-state index contributed by atoms with van der Waals surface area (Å²) in [5, 5.41) is 14.5. The van der Waals surface area contributed by atoms with Crippen molar-refractivity contribution in [3.63, 3.8) is 0 Å². The number of aromatic nitrogens is 3. The van der Waals surface area contributed by atoms with Crippen molar-refractivity contribution in [3.8, 4) is 11.3 Å². The molecule has 2 fully saturated rings. The minimum Gasteiger partial charge on any atom is -0.391 e. The Kier molecular flexibility index (Phi) is 6.01. The van der Waals surface area contributed by atoms with Crippen molar-refractivity contribution in [3.05, 3.63) is 36.7 Å². The van der Waals surface area contributed by atoms with Crippen LogP contribution in [0.1, 0.15) is 38.5 Å². The predicted molar refractivity (Wildman–Crippen MR) is 131 cm³/mol. The van der Waals surface area contributed by atoms with Crippen molar-refractivity contribution in [2.45, 2.75) is 55.9 Å². The normalized spacial score (nSPS) is 22.5. The maximum Gasteiger partial charge on any atom is 0.223 e. The van der Waals surface area contributed by atoms with Gasteiger partial charge >= 0.3 is 0 Å². The lowest BCUT2D eigenvalue weighted by atomic mass is 9.93. The quantitative estimate of drug-likeness (QED) is 0.525. The van der Waals surface area contributed by atoms with E-state index >= 15 is 0 Å². The maximum absolute atomic E-state index is 12.0. The molecule has 9 heteroatoms. The summed E-state index contributed by atoms with van der Waals surface area (Å²) in [6.45, 7) is 1.41. The topological polar surface area (TPSA) is 111 Å². The number of aliphatic hydroxyl groups is 1. The lowest BCUT2D eigenvalue weighted by Crippen LogP contribution is -2.39. The molecule has 0 radical (unpaired) electrons. The zero-order chi connectivity index (χ0) is 23.0.